The number of rotatable bonds is 5. The average molecular weight is 393 g/mol. The number of likely N-dealkylation sites (tertiary alicyclic amines) is 1. The molecule has 4 nitrogen and oxygen atoms in total. The summed E-state index contributed by atoms with van der Waals surface area (Å²) in [6, 6.07) is 8.60. The number of fused-ring (bicyclic) bond motifs is 2. The molecule has 150 valence electrons. The fourth-order valence-electron chi connectivity index (χ4n) is 6.03. The van der Waals surface area contributed by atoms with Gasteiger partial charge in [0.25, 0.3) is 0 Å². The second-order valence-electron chi connectivity index (χ2n) is 8.91. The molecule has 5 atom stereocenters. The van der Waals surface area contributed by atoms with Crippen LogP contribution in [-0.4, -0.2) is 37.0 Å². The molecule has 2 saturated carbocycles. The molecule has 1 amide bonds. The van der Waals surface area contributed by atoms with Crippen LogP contribution in [0, 0.1) is 23.2 Å². The molecule has 2 aliphatic carbocycles. The van der Waals surface area contributed by atoms with Gasteiger partial charge in [0.15, 0.2) is 0 Å². The summed E-state index contributed by atoms with van der Waals surface area (Å²) >= 11 is 0. The van der Waals surface area contributed by atoms with Gasteiger partial charge in [-0.15, -0.1) is 12.4 Å². The molecule has 1 heterocycles. The predicted molar refractivity (Wildman–Crippen MR) is 110 cm³/mol. The third-order valence-corrected chi connectivity index (χ3v) is 7.31. The Hall–Kier alpha value is -1.26. The summed E-state index contributed by atoms with van der Waals surface area (Å²) in [5.41, 5.74) is 6.92. The van der Waals surface area contributed by atoms with Crippen LogP contribution in [0.3, 0.4) is 0 Å². The lowest BCUT2D eigenvalue weighted by molar-refractivity contribution is -0.146. The zero-order valence-corrected chi connectivity index (χ0v) is 17.3. The van der Waals surface area contributed by atoms with Gasteiger partial charge in [-0.2, -0.15) is 0 Å². The van der Waals surface area contributed by atoms with E-state index in [1.54, 1.807) is 7.11 Å². The van der Waals surface area contributed by atoms with Crippen molar-refractivity contribution in [3.63, 3.8) is 0 Å². The molecule has 1 aromatic rings. The highest BCUT2D eigenvalue weighted by molar-refractivity contribution is 5.85. The molecule has 0 radical (unpaired) electrons. The molecule has 1 aliphatic heterocycles. The fourth-order valence-corrected chi connectivity index (χ4v) is 6.03. The molecule has 5 unspecified atom stereocenters. The Balaban J connectivity index is 0.00000210. The summed E-state index contributed by atoms with van der Waals surface area (Å²) in [7, 11) is 1.70. The third kappa shape index (κ3) is 3.58. The maximum absolute atomic E-state index is 13.8. The number of nitrogens with zero attached hydrogens (tertiary/aromatic N) is 1. The zero-order valence-electron chi connectivity index (χ0n) is 16.5. The smallest absolute Gasteiger partial charge is 0.229 e. The first kappa shape index (κ1) is 20.5. The Morgan fingerprint density at radius 3 is 2.74 bits per heavy atom. The molecule has 0 spiro atoms. The molecular weight excluding hydrogens is 360 g/mol. The lowest BCUT2D eigenvalue weighted by Gasteiger charge is -2.41. The molecule has 0 aromatic heterocycles. The molecule has 4 rings (SSSR count). The summed E-state index contributed by atoms with van der Waals surface area (Å²) in [4.78, 5) is 16.0. The highest BCUT2D eigenvalue weighted by Gasteiger charge is 2.57. The van der Waals surface area contributed by atoms with Crippen LogP contribution >= 0.6 is 12.4 Å². The number of carbonyl (C=O) groups is 1. The van der Waals surface area contributed by atoms with Gasteiger partial charge >= 0.3 is 0 Å². The van der Waals surface area contributed by atoms with Crippen molar-refractivity contribution in [2.45, 2.75) is 51.5 Å². The van der Waals surface area contributed by atoms with Crippen LogP contribution in [0.5, 0.6) is 5.75 Å². The number of halogens is 1. The monoisotopic (exact) mass is 392 g/mol. The van der Waals surface area contributed by atoms with Crippen molar-refractivity contribution >= 4 is 18.3 Å². The van der Waals surface area contributed by atoms with Crippen molar-refractivity contribution < 1.29 is 9.53 Å². The Kier molecular flexibility index (Phi) is 6.07. The van der Waals surface area contributed by atoms with Crippen molar-refractivity contribution in [1.82, 2.24) is 4.90 Å². The molecule has 27 heavy (non-hydrogen) atoms. The second kappa shape index (κ2) is 8.00. The number of benzene rings is 1. The van der Waals surface area contributed by atoms with Gasteiger partial charge in [-0.25, -0.2) is 0 Å². The number of hydrogen-bond donors (Lipinski definition) is 1. The number of ether oxygens (including phenoxy) is 1. The summed E-state index contributed by atoms with van der Waals surface area (Å²) in [6.45, 7) is 3.72. The van der Waals surface area contributed by atoms with E-state index in [2.05, 4.69) is 24.0 Å². The quantitative estimate of drug-likeness (QED) is 0.831. The van der Waals surface area contributed by atoms with Gasteiger partial charge in [0.2, 0.25) is 5.91 Å². The van der Waals surface area contributed by atoms with Gasteiger partial charge in [-0.3, -0.25) is 4.79 Å². The largest absolute Gasteiger partial charge is 0.497 e. The highest BCUT2D eigenvalue weighted by atomic mass is 35.5. The molecule has 3 aliphatic rings. The van der Waals surface area contributed by atoms with E-state index in [0.717, 1.165) is 37.5 Å². The van der Waals surface area contributed by atoms with Gasteiger partial charge in [0.05, 0.1) is 12.5 Å². The first-order valence-electron chi connectivity index (χ1n) is 10.2. The van der Waals surface area contributed by atoms with E-state index in [9.17, 15) is 4.79 Å². The minimum Gasteiger partial charge on any atom is -0.497 e. The van der Waals surface area contributed by atoms with E-state index in [4.69, 9.17) is 10.5 Å². The Labute approximate surface area is 169 Å². The minimum atomic E-state index is -0.215. The van der Waals surface area contributed by atoms with E-state index in [0.29, 0.717) is 30.3 Å². The number of hydrogen-bond acceptors (Lipinski definition) is 3. The van der Waals surface area contributed by atoms with Gasteiger partial charge < -0.3 is 15.4 Å². The van der Waals surface area contributed by atoms with Crippen LogP contribution < -0.4 is 10.5 Å². The van der Waals surface area contributed by atoms with Crippen LogP contribution in [0.25, 0.3) is 0 Å². The van der Waals surface area contributed by atoms with E-state index >= 15 is 0 Å². The Morgan fingerprint density at radius 1 is 1.33 bits per heavy atom. The van der Waals surface area contributed by atoms with Gasteiger partial charge in [-0.05, 0) is 81.0 Å². The topological polar surface area (TPSA) is 55.6 Å². The summed E-state index contributed by atoms with van der Waals surface area (Å²) < 4.78 is 5.41. The predicted octanol–water partition coefficient (Wildman–Crippen LogP) is 3.66. The highest BCUT2D eigenvalue weighted by Crippen LogP contribution is 2.58. The molecule has 1 saturated heterocycles. The van der Waals surface area contributed by atoms with Crippen LogP contribution in [0.15, 0.2) is 24.3 Å². The molecule has 5 heteroatoms. The van der Waals surface area contributed by atoms with Gasteiger partial charge in [0.1, 0.15) is 5.75 Å². The Morgan fingerprint density at radius 2 is 2.15 bits per heavy atom. The minimum absolute atomic E-state index is 0. The van der Waals surface area contributed by atoms with Crippen molar-refractivity contribution in [2.75, 3.05) is 20.2 Å². The SMILES string of the molecule is COc1cccc(CC2(C(=O)N3CC(CN)CC3C)CC3CCC2C3)c1.Cl. The van der Waals surface area contributed by atoms with Crippen molar-refractivity contribution in [1.29, 1.82) is 0 Å². The molecule has 1 aromatic carbocycles. The first-order valence-corrected chi connectivity index (χ1v) is 10.2. The maximum atomic E-state index is 13.8. The summed E-state index contributed by atoms with van der Waals surface area (Å²) in [5, 5.41) is 0. The standard InChI is InChI=1S/C22H32N2O2.ClH/c1-15-8-18(13-23)14-24(15)21(25)22(12-17-6-7-19(22)9-17)11-16-4-3-5-20(10-16)26-2;/h3-5,10,15,17-19H,6-9,11-14,23H2,1-2H3;1H. The second-order valence-corrected chi connectivity index (χ2v) is 8.91. The van der Waals surface area contributed by atoms with Gasteiger partial charge in [0, 0.05) is 12.6 Å². The number of nitrogens with two attached hydrogens (primary N) is 1. The number of amides is 1. The van der Waals surface area contributed by atoms with Crippen molar-refractivity contribution in [3.05, 3.63) is 29.8 Å². The normalized spacial score (nSPS) is 34.6. The number of methoxy groups -OCH3 is 1. The van der Waals surface area contributed by atoms with Crippen molar-refractivity contribution in [2.24, 2.45) is 28.9 Å². The fraction of sp³-hybridized carbons (Fsp3) is 0.682. The van der Waals surface area contributed by atoms with Gasteiger partial charge in [-0.1, -0.05) is 18.6 Å². The van der Waals surface area contributed by atoms with E-state index < -0.39 is 0 Å². The lowest BCUT2D eigenvalue weighted by Crippen LogP contribution is -2.49. The van der Waals surface area contributed by atoms with E-state index in [-0.39, 0.29) is 17.8 Å². The molecule has 2 N–H and O–H groups in total. The van der Waals surface area contributed by atoms with Crippen LogP contribution in [-0.2, 0) is 11.2 Å². The Bertz CT molecular complexity index is 682. The third-order valence-electron chi connectivity index (χ3n) is 7.31. The molecule has 3 fully saturated rings. The molecule has 2 bridgehead atoms. The first-order chi connectivity index (χ1) is 12.6. The zero-order chi connectivity index (χ0) is 18.3. The lowest BCUT2D eigenvalue weighted by atomic mass is 9.68. The summed E-state index contributed by atoms with van der Waals surface area (Å²) in [5.74, 6) is 3.01. The van der Waals surface area contributed by atoms with E-state index in [1.807, 2.05) is 12.1 Å². The van der Waals surface area contributed by atoms with Crippen LogP contribution in [0.4, 0.5) is 0 Å². The van der Waals surface area contributed by atoms with E-state index in [1.165, 1.54) is 24.8 Å². The van der Waals surface area contributed by atoms with Crippen molar-refractivity contribution in [3.8, 4) is 5.75 Å². The average Bonchev–Trinajstić information content (AvgIpc) is 3.35. The molecular formula is C22H33ClN2O2. The maximum Gasteiger partial charge on any atom is 0.229 e. The van der Waals surface area contributed by atoms with Crippen LogP contribution in [0.2, 0.25) is 0 Å². The number of carbonyl (C=O) groups excluding carboxylic acids is 1. The summed E-state index contributed by atoms with van der Waals surface area (Å²) in [6.07, 6.45) is 6.70. The van der Waals surface area contributed by atoms with Crippen LogP contribution in [0.1, 0.15) is 44.6 Å².